The van der Waals surface area contributed by atoms with Crippen molar-refractivity contribution in [3.63, 3.8) is 0 Å². The Bertz CT molecular complexity index is 923. The van der Waals surface area contributed by atoms with E-state index in [1.807, 2.05) is 11.5 Å². The summed E-state index contributed by atoms with van der Waals surface area (Å²) in [5.74, 6) is 1.19. The van der Waals surface area contributed by atoms with Gasteiger partial charge in [-0.15, -0.1) is 21.5 Å². The average Bonchev–Trinajstić information content (AvgIpc) is 3.17. The summed E-state index contributed by atoms with van der Waals surface area (Å²) in [5, 5.41) is 10.2. The molecule has 0 N–H and O–H groups in total. The van der Waals surface area contributed by atoms with Gasteiger partial charge < -0.3 is 9.47 Å². The van der Waals surface area contributed by atoms with Crippen LogP contribution in [0, 0.1) is 6.92 Å². The Morgan fingerprint density at radius 1 is 1.42 bits per heavy atom. The number of thiophene rings is 1. The highest BCUT2D eigenvalue weighted by Crippen LogP contribution is 2.38. The van der Waals surface area contributed by atoms with Crippen LogP contribution in [0.2, 0.25) is 5.02 Å². The highest BCUT2D eigenvalue weighted by Gasteiger charge is 2.22. The van der Waals surface area contributed by atoms with Gasteiger partial charge in [0.15, 0.2) is 5.82 Å². The minimum absolute atomic E-state index is 0.0593. The van der Waals surface area contributed by atoms with Crippen molar-refractivity contribution in [2.24, 2.45) is 0 Å². The zero-order valence-electron chi connectivity index (χ0n) is 12.8. The first-order valence-corrected chi connectivity index (χ1v) is 9.48. The molecule has 0 unspecified atom stereocenters. The Morgan fingerprint density at radius 3 is 3.17 bits per heavy atom. The van der Waals surface area contributed by atoms with Crippen LogP contribution in [0.4, 0.5) is 0 Å². The Balaban J connectivity index is 1.48. The molecule has 0 aliphatic carbocycles. The van der Waals surface area contributed by atoms with E-state index in [0.29, 0.717) is 23.9 Å². The number of halogens is 1. The van der Waals surface area contributed by atoms with Gasteiger partial charge in [0.1, 0.15) is 22.5 Å². The van der Waals surface area contributed by atoms with Crippen LogP contribution in [-0.2, 0) is 17.9 Å². The second-order valence-electron chi connectivity index (χ2n) is 5.38. The second kappa shape index (κ2) is 6.30. The zero-order valence-corrected chi connectivity index (χ0v) is 15.2. The maximum absolute atomic E-state index is 12.5. The summed E-state index contributed by atoms with van der Waals surface area (Å²) in [5.41, 5.74) is 0. The van der Waals surface area contributed by atoms with E-state index in [1.54, 1.807) is 11.2 Å². The maximum atomic E-state index is 12.5. The average molecular weight is 381 g/mol. The molecule has 0 radical (unpaired) electrons. The van der Waals surface area contributed by atoms with Crippen molar-refractivity contribution in [2.75, 3.05) is 12.3 Å². The normalized spacial score (nSPS) is 14.2. The predicted molar refractivity (Wildman–Crippen MR) is 93.3 cm³/mol. The fourth-order valence-electron chi connectivity index (χ4n) is 2.60. The molecule has 10 heteroatoms. The van der Waals surface area contributed by atoms with Crippen molar-refractivity contribution < 1.29 is 4.79 Å². The largest absolute Gasteiger partial charge is 0.333 e. The minimum Gasteiger partial charge on any atom is -0.333 e. The van der Waals surface area contributed by atoms with Crippen molar-refractivity contribution in [3.8, 4) is 0 Å². The lowest BCUT2D eigenvalue weighted by molar-refractivity contribution is -0.129. The predicted octanol–water partition coefficient (Wildman–Crippen LogP) is 2.38. The van der Waals surface area contributed by atoms with E-state index in [1.165, 1.54) is 29.4 Å². The Hall–Kier alpha value is -1.71. The highest BCUT2D eigenvalue weighted by atomic mass is 35.5. The number of hydrogen-bond acceptors (Lipinski definition) is 7. The molecule has 3 aromatic heterocycles. The standard InChI is InChI=1S/C14H13ClN6OS2/c1-8-12(15)11-13(16-6-17-14(11)24-8)23-5-10(22)20-2-3-21-7-18-19-9(21)4-20/h6-7H,2-5H2,1H3. The van der Waals surface area contributed by atoms with E-state index in [2.05, 4.69) is 20.2 Å². The van der Waals surface area contributed by atoms with Crippen molar-refractivity contribution >= 4 is 50.8 Å². The summed E-state index contributed by atoms with van der Waals surface area (Å²) in [6, 6.07) is 0. The fourth-order valence-corrected chi connectivity index (χ4v) is 4.86. The first-order chi connectivity index (χ1) is 11.6. The Labute approximate surface area is 151 Å². The molecule has 0 saturated carbocycles. The molecule has 124 valence electrons. The van der Waals surface area contributed by atoms with E-state index >= 15 is 0 Å². The molecule has 4 heterocycles. The third-order valence-corrected chi connectivity index (χ3v) is 6.45. The van der Waals surface area contributed by atoms with Crippen LogP contribution >= 0.6 is 34.7 Å². The second-order valence-corrected chi connectivity index (χ2v) is 7.92. The molecule has 4 rings (SSSR count). The number of rotatable bonds is 3. The molecule has 1 aliphatic heterocycles. The van der Waals surface area contributed by atoms with E-state index in [0.717, 1.165) is 32.5 Å². The number of amides is 1. The van der Waals surface area contributed by atoms with Gasteiger partial charge in [-0.2, -0.15) is 0 Å². The number of hydrogen-bond donors (Lipinski definition) is 0. The number of aryl methyl sites for hydroxylation is 1. The van der Waals surface area contributed by atoms with E-state index in [-0.39, 0.29) is 5.91 Å². The first kappa shape index (κ1) is 15.8. The number of thioether (sulfide) groups is 1. The minimum atomic E-state index is 0.0593. The third-order valence-electron chi connectivity index (χ3n) is 3.88. The third kappa shape index (κ3) is 2.76. The molecule has 7 nitrogen and oxygen atoms in total. The summed E-state index contributed by atoms with van der Waals surface area (Å²) in [4.78, 5) is 24.7. The SMILES string of the molecule is Cc1sc2ncnc(SCC(=O)N3CCn4cnnc4C3)c2c1Cl. The molecule has 0 fully saturated rings. The maximum Gasteiger partial charge on any atom is 0.233 e. The summed E-state index contributed by atoms with van der Waals surface area (Å²) < 4.78 is 1.97. The van der Waals surface area contributed by atoms with Gasteiger partial charge in [-0.3, -0.25) is 4.79 Å². The number of fused-ring (bicyclic) bond motifs is 2. The van der Waals surface area contributed by atoms with E-state index < -0.39 is 0 Å². The number of carbonyl (C=O) groups is 1. The van der Waals surface area contributed by atoms with Crippen LogP contribution in [0.3, 0.4) is 0 Å². The van der Waals surface area contributed by atoms with Crippen LogP contribution in [0.15, 0.2) is 17.7 Å². The fraction of sp³-hybridized carbons (Fsp3) is 0.357. The zero-order chi connectivity index (χ0) is 16.7. The molecule has 0 bridgehead atoms. The van der Waals surface area contributed by atoms with Gasteiger partial charge in [0.25, 0.3) is 0 Å². The number of carbonyl (C=O) groups excluding carboxylic acids is 1. The lowest BCUT2D eigenvalue weighted by Gasteiger charge is -2.26. The lowest BCUT2D eigenvalue weighted by Crippen LogP contribution is -2.39. The van der Waals surface area contributed by atoms with E-state index in [4.69, 9.17) is 11.6 Å². The van der Waals surface area contributed by atoms with Crippen molar-refractivity contribution in [1.82, 2.24) is 29.6 Å². The molecule has 0 atom stereocenters. The summed E-state index contributed by atoms with van der Waals surface area (Å²) in [7, 11) is 0. The van der Waals surface area contributed by atoms with Gasteiger partial charge in [0.05, 0.1) is 22.7 Å². The lowest BCUT2D eigenvalue weighted by atomic mass is 10.3. The molecule has 1 amide bonds. The van der Waals surface area contributed by atoms with Crippen LogP contribution in [-0.4, -0.2) is 47.8 Å². The molecule has 3 aromatic rings. The summed E-state index contributed by atoms with van der Waals surface area (Å²) in [6.45, 7) is 3.85. The van der Waals surface area contributed by atoms with Gasteiger partial charge in [0, 0.05) is 18.0 Å². The van der Waals surface area contributed by atoms with E-state index in [9.17, 15) is 4.79 Å². The van der Waals surface area contributed by atoms with Gasteiger partial charge >= 0.3 is 0 Å². The molecule has 24 heavy (non-hydrogen) atoms. The number of nitrogens with zero attached hydrogens (tertiary/aromatic N) is 6. The molecule has 0 spiro atoms. The van der Waals surface area contributed by atoms with Gasteiger partial charge in [-0.25, -0.2) is 9.97 Å². The molecule has 0 saturated heterocycles. The molecule has 1 aliphatic rings. The van der Waals surface area contributed by atoms with Crippen molar-refractivity contribution in [1.29, 1.82) is 0 Å². The quantitative estimate of drug-likeness (QED) is 0.513. The summed E-state index contributed by atoms with van der Waals surface area (Å²) >= 11 is 9.30. The van der Waals surface area contributed by atoms with Gasteiger partial charge in [0.2, 0.25) is 5.91 Å². The Kier molecular flexibility index (Phi) is 4.15. The van der Waals surface area contributed by atoms with Crippen molar-refractivity contribution in [3.05, 3.63) is 28.4 Å². The van der Waals surface area contributed by atoms with Crippen LogP contribution in [0.1, 0.15) is 10.7 Å². The first-order valence-electron chi connectivity index (χ1n) is 7.30. The monoisotopic (exact) mass is 380 g/mol. The van der Waals surface area contributed by atoms with Crippen LogP contribution in [0.25, 0.3) is 10.2 Å². The smallest absolute Gasteiger partial charge is 0.233 e. The van der Waals surface area contributed by atoms with Crippen LogP contribution in [0.5, 0.6) is 0 Å². The molecular formula is C14H13ClN6OS2. The van der Waals surface area contributed by atoms with Gasteiger partial charge in [-0.1, -0.05) is 23.4 Å². The Morgan fingerprint density at radius 2 is 2.29 bits per heavy atom. The highest BCUT2D eigenvalue weighted by molar-refractivity contribution is 8.00. The topological polar surface area (TPSA) is 76.8 Å². The van der Waals surface area contributed by atoms with Crippen LogP contribution < -0.4 is 0 Å². The van der Waals surface area contributed by atoms with Crippen molar-refractivity contribution in [2.45, 2.75) is 25.0 Å². The summed E-state index contributed by atoms with van der Waals surface area (Å²) in [6.07, 6.45) is 3.22. The van der Waals surface area contributed by atoms with Gasteiger partial charge in [-0.05, 0) is 6.92 Å². The number of aromatic nitrogens is 5. The molecular weight excluding hydrogens is 368 g/mol. The molecule has 0 aromatic carbocycles.